The first-order chi connectivity index (χ1) is 20.3. The number of allylic oxidation sites excluding steroid dienone is 2. The van der Waals surface area contributed by atoms with Gasteiger partial charge in [-0.05, 0) is 51.3 Å². The summed E-state index contributed by atoms with van der Waals surface area (Å²) in [6.45, 7) is 10.00. The number of anilines is 2. The molecule has 1 aliphatic heterocycles. The monoisotopic (exact) mass is 689 g/mol. The number of nitrogens with zero attached hydrogens (tertiary/aromatic N) is 4. The summed E-state index contributed by atoms with van der Waals surface area (Å²) in [7, 11) is -4.18. The maximum atomic E-state index is 11.8. The largest absolute Gasteiger partial charge is 0.396 e. The normalized spacial score (nSPS) is 16.2. The number of imidazole rings is 1. The molecule has 8 nitrogen and oxygen atoms in total. The molecule has 43 heavy (non-hydrogen) atoms. The number of aliphatic hydroxyl groups is 1. The Hall–Kier alpha value is -1.98. The Morgan fingerprint density at radius 2 is 1.51 bits per heavy atom. The number of benzene rings is 2. The minimum absolute atomic E-state index is 0.102. The molecule has 3 aromatic rings. The molecule has 4 rings (SSSR count). The van der Waals surface area contributed by atoms with Gasteiger partial charge >= 0.3 is 0 Å². The molecule has 0 spiro atoms. The highest BCUT2D eigenvalue weighted by Crippen LogP contribution is 2.45. The maximum Gasteiger partial charge on any atom is 0.282 e. The van der Waals surface area contributed by atoms with Crippen LogP contribution in [0.3, 0.4) is 0 Å². The third kappa shape index (κ3) is 7.14. The van der Waals surface area contributed by atoms with Gasteiger partial charge in [0, 0.05) is 44.3 Å². The van der Waals surface area contributed by atoms with E-state index in [0.717, 1.165) is 40.5 Å². The molecule has 2 atom stereocenters. The van der Waals surface area contributed by atoms with Crippen LogP contribution in [-0.2, 0) is 23.2 Å². The zero-order valence-corrected chi connectivity index (χ0v) is 28.4. The quantitative estimate of drug-likeness (QED) is 0.152. The van der Waals surface area contributed by atoms with Crippen LogP contribution in [-0.4, -0.2) is 47.6 Å². The first-order valence-corrected chi connectivity index (χ1v) is 17.2. The van der Waals surface area contributed by atoms with Crippen LogP contribution in [0.5, 0.6) is 0 Å². The van der Waals surface area contributed by atoms with Crippen LogP contribution in [0.4, 0.5) is 11.4 Å². The van der Waals surface area contributed by atoms with E-state index in [4.69, 9.17) is 46.4 Å². The lowest BCUT2D eigenvalue weighted by Gasteiger charge is -2.25. The average molecular weight is 692 g/mol. The summed E-state index contributed by atoms with van der Waals surface area (Å²) in [6, 6.07) is 7.35. The van der Waals surface area contributed by atoms with Crippen molar-refractivity contribution < 1.29 is 22.6 Å². The molecular weight excluding hydrogens is 654 g/mol. The Bertz CT molecular complexity index is 1670. The highest BCUT2D eigenvalue weighted by atomic mass is 35.5. The lowest BCUT2D eigenvalue weighted by atomic mass is 10.1. The predicted molar refractivity (Wildman–Crippen MR) is 178 cm³/mol. The van der Waals surface area contributed by atoms with Crippen molar-refractivity contribution in [3.63, 3.8) is 0 Å². The first kappa shape index (κ1) is 33.9. The second-order valence-corrected chi connectivity index (χ2v) is 14.2. The van der Waals surface area contributed by atoms with Crippen molar-refractivity contribution in [1.29, 1.82) is 0 Å². The number of aromatic nitrogens is 2. The fourth-order valence-corrected chi connectivity index (χ4v) is 6.35. The molecule has 0 radical (unpaired) electrons. The average Bonchev–Trinajstić information content (AvgIpc) is 3.39. The Kier molecular flexibility index (Phi) is 11.0. The van der Waals surface area contributed by atoms with Gasteiger partial charge in [-0.2, -0.15) is 8.42 Å². The van der Waals surface area contributed by atoms with Crippen LogP contribution in [0.2, 0.25) is 20.1 Å². The molecule has 2 aromatic carbocycles. The van der Waals surface area contributed by atoms with Gasteiger partial charge in [0.25, 0.3) is 15.9 Å². The number of aryl methyl sites for hydroxylation is 2. The van der Waals surface area contributed by atoms with Crippen LogP contribution in [0.15, 0.2) is 42.2 Å². The van der Waals surface area contributed by atoms with E-state index in [-0.39, 0.29) is 18.9 Å². The number of hydrogen-bond acceptors (Lipinski definition) is 5. The summed E-state index contributed by atoms with van der Waals surface area (Å²) in [5.74, 6) is 1.89. The van der Waals surface area contributed by atoms with Crippen molar-refractivity contribution in [1.82, 2.24) is 4.57 Å². The Morgan fingerprint density at radius 1 is 0.907 bits per heavy atom. The van der Waals surface area contributed by atoms with Gasteiger partial charge < -0.3 is 14.9 Å². The van der Waals surface area contributed by atoms with Crippen LogP contribution < -0.4 is 14.4 Å². The predicted octanol–water partition coefficient (Wildman–Crippen LogP) is 7.45. The molecule has 0 saturated carbocycles. The van der Waals surface area contributed by atoms with Gasteiger partial charge in [0.05, 0.1) is 49.8 Å². The maximum absolute atomic E-state index is 11.8. The van der Waals surface area contributed by atoms with E-state index < -0.39 is 15.4 Å². The van der Waals surface area contributed by atoms with Crippen LogP contribution >= 0.6 is 46.4 Å². The number of hydrogen-bond donors (Lipinski definition) is 2. The van der Waals surface area contributed by atoms with Crippen molar-refractivity contribution >= 4 is 85.0 Å². The summed E-state index contributed by atoms with van der Waals surface area (Å²) >= 11 is 25.6. The smallest absolute Gasteiger partial charge is 0.282 e. The number of fused-ring (bicyclic) bond motifs is 2. The molecule has 0 bridgehead atoms. The molecule has 2 unspecified atom stereocenters. The van der Waals surface area contributed by atoms with Crippen molar-refractivity contribution in [2.45, 2.75) is 58.9 Å². The lowest BCUT2D eigenvalue weighted by molar-refractivity contribution is -0.674. The van der Waals surface area contributed by atoms with E-state index in [1.807, 2.05) is 54.8 Å². The zero-order valence-electron chi connectivity index (χ0n) is 24.6. The van der Waals surface area contributed by atoms with Crippen molar-refractivity contribution in [2.75, 3.05) is 29.5 Å². The molecule has 1 aliphatic rings. The molecule has 0 amide bonds. The van der Waals surface area contributed by atoms with Crippen LogP contribution in [0.25, 0.3) is 17.1 Å². The van der Waals surface area contributed by atoms with Gasteiger partial charge in [0.15, 0.2) is 11.0 Å². The van der Waals surface area contributed by atoms with E-state index in [9.17, 15) is 18.1 Å². The first-order valence-electron chi connectivity index (χ1n) is 14.2. The highest BCUT2D eigenvalue weighted by molar-refractivity contribution is 7.86. The number of aliphatic hydroxyl groups excluding tert-OH is 1. The lowest BCUT2D eigenvalue weighted by Crippen LogP contribution is -2.38. The van der Waals surface area contributed by atoms with Crippen molar-refractivity contribution in [2.24, 2.45) is 5.92 Å². The van der Waals surface area contributed by atoms with Gasteiger partial charge in [0.2, 0.25) is 0 Å². The summed E-state index contributed by atoms with van der Waals surface area (Å²) in [4.78, 5) is 4.36. The standard InChI is InChI=1S/C30H36Cl4N4O4S/c1-5-35-25-14-21(31)23(33)16-27(25)37(12-10-19(3)18-39)29(35)8-7-9-30-36(6-2)26-15-22(32)24(34)17-28(26)38(30)13-11-20(4)43(40,41)42/h7-9,14-17,19-20,39H,5-6,10-13,18H2,1-4H3/p+1. The highest BCUT2D eigenvalue weighted by Gasteiger charge is 2.32. The SMILES string of the molecule is CCN1C(=CC=Cc2n(CC)c3cc(Cl)c(Cl)cc3[n+]2CCC(C)S(=O)(=O)O)N(CCC(C)CO)c2cc(Cl)c(Cl)cc21. The van der Waals surface area contributed by atoms with Gasteiger partial charge in [-0.15, -0.1) is 0 Å². The minimum atomic E-state index is -4.18. The van der Waals surface area contributed by atoms with E-state index in [2.05, 4.69) is 21.3 Å². The molecular formula is C30H37Cl4N4O4S+. The second-order valence-electron chi connectivity index (χ2n) is 10.7. The molecule has 0 fully saturated rings. The molecule has 1 aromatic heterocycles. The molecule has 2 N–H and O–H groups in total. The van der Waals surface area contributed by atoms with Crippen molar-refractivity contribution in [3.05, 3.63) is 68.2 Å². The summed E-state index contributed by atoms with van der Waals surface area (Å²) in [5.41, 5.74) is 3.56. The summed E-state index contributed by atoms with van der Waals surface area (Å²) < 4.78 is 37.2. The summed E-state index contributed by atoms with van der Waals surface area (Å²) in [5, 5.41) is 10.5. The Morgan fingerprint density at radius 3 is 2.09 bits per heavy atom. The van der Waals surface area contributed by atoms with E-state index in [1.165, 1.54) is 6.92 Å². The van der Waals surface area contributed by atoms with Crippen molar-refractivity contribution in [3.8, 4) is 0 Å². The minimum Gasteiger partial charge on any atom is -0.396 e. The van der Waals surface area contributed by atoms with Gasteiger partial charge in [-0.3, -0.25) is 4.55 Å². The van der Waals surface area contributed by atoms with Gasteiger partial charge in [-0.1, -0.05) is 59.4 Å². The van der Waals surface area contributed by atoms with Gasteiger partial charge in [0.1, 0.15) is 5.82 Å². The summed E-state index contributed by atoms with van der Waals surface area (Å²) in [6.07, 6.45) is 6.93. The zero-order chi connectivity index (χ0) is 31.6. The van der Waals surface area contributed by atoms with Gasteiger partial charge in [-0.25, -0.2) is 9.13 Å². The van der Waals surface area contributed by atoms with E-state index >= 15 is 0 Å². The molecule has 0 aliphatic carbocycles. The van der Waals surface area contributed by atoms with Crippen LogP contribution in [0.1, 0.15) is 46.4 Å². The fourth-order valence-electron chi connectivity index (χ4n) is 5.32. The Labute approximate surface area is 273 Å². The van der Waals surface area contributed by atoms with E-state index in [0.29, 0.717) is 46.3 Å². The Balaban J connectivity index is 1.82. The fraction of sp³-hybridized carbons (Fsp3) is 0.433. The van der Waals surface area contributed by atoms with E-state index in [1.54, 1.807) is 6.07 Å². The molecule has 0 saturated heterocycles. The second kappa shape index (κ2) is 14.0. The molecule has 234 valence electrons. The number of rotatable bonds is 12. The van der Waals surface area contributed by atoms with Crippen LogP contribution in [0, 0.1) is 5.92 Å². The molecule has 2 heterocycles. The topological polar surface area (TPSA) is 89.9 Å². The number of halogens is 4. The molecule has 13 heteroatoms. The third-order valence-corrected chi connectivity index (χ3v) is 10.5. The third-order valence-electron chi connectivity index (χ3n) is 7.85.